The van der Waals surface area contributed by atoms with E-state index in [4.69, 9.17) is 9.47 Å². The highest BCUT2D eigenvalue weighted by atomic mass is 19.1. The highest BCUT2D eigenvalue weighted by Gasteiger charge is 2.43. The Morgan fingerprint density at radius 2 is 1.89 bits per heavy atom. The van der Waals surface area contributed by atoms with Crippen molar-refractivity contribution in [2.24, 2.45) is 5.92 Å². The molecule has 2 atom stereocenters. The lowest BCUT2D eigenvalue weighted by atomic mass is 9.95. The number of likely N-dealkylation sites (tertiary alicyclic amines) is 1. The highest BCUT2D eigenvalue weighted by molar-refractivity contribution is 5.80. The van der Waals surface area contributed by atoms with Crippen molar-refractivity contribution < 1.29 is 23.5 Å². The Morgan fingerprint density at radius 3 is 2.57 bits per heavy atom. The number of hydrogen-bond donors (Lipinski definition) is 0. The van der Waals surface area contributed by atoms with E-state index in [1.165, 1.54) is 12.1 Å². The molecule has 2 aromatic carbocycles. The topological polar surface area (TPSA) is 62.3 Å². The summed E-state index contributed by atoms with van der Waals surface area (Å²) in [5, 5.41) is 0. The summed E-state index contributed by atoms with van der Waals surface area (Å²) in [7, 11) is 3.79. The zero-order valence-electron chi connectivity index (χ0n) is 20.5. The van der Waals surface area contributed by atoms with Gasteiger partial charge in [0, 0.05) is 26.7 Å². The number of ether oxygens (including phenoxy) is 2. The first-order valence-electron chi connectivity index (χ1n) is 12.1. The molecular weight excluding hydrogens is 449 g/mol. The van der Waals surface area contributed by atoms with Crippen LogP contribution in [0.5, 0.6) is 5.75 Å². The Bertz CT molecular complexity index is 1000. The molecule has 2 fully saturated rings. The second-order valence-electron chi connectivity index (χ2n) is 9.69. The van der Waals surface area contributed by atoms with Gasteiger partial charge in [-0.05, 0) is 49.8 Å². The maximum Gasteiger partial charge on any atom is 0.227 e. The van der Waals surface area contributed by atoms with Crippen molar-refractivity contribution in [1.29, 1.82) is 0 Å². The molecule has 0 radical (unpaired) electrons. The van der Waals surface area contributed by atoms with Gasteiger partial charge < -0.3 is 24.2 Å². The van der Waals surface area contributed by atoms with E-state index >= 15 is 0 Å². The van der Waals surface area contributed by atoms with Crippen LogP contribution in [0.2, 0.25) is 0 Å². The summed E-state index contributed by atoms with van der Waals surface area (Å²) in [5.41, 5.74) is 0.0427. The van der Waals surface area contributed by atoms with Gasteiger partial charge in [0.1, 0.15) is 23.8 Å². The Morgan fingerprint density at radius 1 is 1.14 bits per heavy atom. The van der Waals surface area contributed by atoms with Crippen LogP contribution in [-0.4, -0.2) is 85.6 Å². The molecule has 7 nitrogen and oxygen atoms in total. The number of nitrogens with zero attached hydrogens (tertiary/aromatic N) is 3. The Hall–Kier alpha value is -2.97. The van der Waals surface area contributed by atoms with Gasteiger partial charge in [0.05, 0.1) is 25.5 Å². The lowest BCUT2D eigenvalue weighted by Gasteiger charge is -2.43. The molecule has 2 saturated heterocycles. The zero-order chi connectivity index (χ0) is 24.8. The predicted octanol–water partition coefficient (Wildman–Crippen LogP) is 2.80. The first-order chi connectivity index (χ1) is 16.8. The number of carbonyl (C=O) groups excluding carboxylic acids is 2. The van der Waals surface area contributed by atoms with Gasteiger partial charge in [-0.2, -0.15) is 0 Å². The molecular formula is C27H34FN3O4. The number of rotatable bonds is 8. The molecule has 8 heteroatoms. The lowest BCUT2D eigenvalue weighted by molar-refractivity contribution is -0.167. The van der Waals surface area contributed by atoms with Gasteiger partial charge in [0.25, 0.3) is 0 Å². The number of halogens is 1. The SMILES string of the molecule is CN1CC[C@H](C(=O)N2CCO[C@@](COc3ccc(F)cc3)(CC(=O)N(C)Cc3ccccc3)C2)C1. The van der Waals surface area contributed by atoms with Crippen LogP contribution in [0.15, 0.2) is 54.6 Å². The summed E-state index contributed by atoms with van der Waals surface area (Å²) in [5.74, 6) is 0.114. The van der Waals surface area contributed by atoms with Gasteiger partial charge >= 0.3 is 0 Å². The molecule has 2 aliphatic rings. The maximum absolute atomic E-state index is 13.3. The number of morpholine rings is 1. The number of benzene rings is 2. The van der Waals surface area contributed by atoms with Crippen LogP contribution < -0.4 is 4.74 Å². The van der Waals surface area contributed by atoms with Crippen LogP contribution in [0.4, 0.5) is 4.39 Å². The standard InChI is InChI=1S/C27H34FN3O4/c1-29-13-12-22(18-29)26(33)31-14-15-35-27(19-31,20-34-24-10-8-23(28)9-11-24)16-25(32)30(2)17-21-6-4-3-5-7-21/h3-11,22H,12-20H2,1-2H3/t22-,27-/m0/s1. The van der Waals surface area contributed by atoms with Crippen molar-refractivity contribution >= 4 is 11.8 Å². The molecule has 4 rings (SSSR count). The average molecular weight is 484 g/mol. The second kappa shape index (κ2) is 11.2. The van der Waals surface area contributed by atoms with E-state index in [9.17, 15) is 14.0 Å². The van der Waals surface area contributed by atoms with Crippen molar-refractivity contribution in [3.8, 4) is 5.75 Å². The molecule has 0 bridgehead atoms. The minimum Gasteiger partial charge on any atom is -0.490 e. The fraction of sp³-hybridized carbons (Fsp3) is 0.481. The van der Waals surface area contributed by atoms with E-state index in [0.29, 0.717) is 25.4 Å². The normalized spacial score (nSPS) is 22.7. The smallest absolute Gasteiger partial charge is 0.227 e. The molecule has 2 aliphatic heterocycles. The molecule has 0 spiro atoms. The summed E-state index contributed by atoms with van der Waals surface area (Å²) in [4.78, 5) is 32.2. The lowest BCUT2D eigenvalue weighted by Crippen LogP contribution is -2.59. The average Bonchev–Trinajstić information content (AvgIpc) is 3.30. The zero-order valence-corrected chi connectivity index (χ0v) is 20.5. The van der Waals surface area contributed by atoms with E-state index in [-0.39, 0.29) is 43.1 Å². The van der Waals surface area contributed by atoms with Crippen molar-refractivity contribution in [1.82, 2.24) is 14.7 Å². The molecule has 2 heterocycles. The van der Waals surface area contributed by atoms with Crippen LogP contribution in [-0.2, 0) is 20.9 Å². The van der Waals surface area contributed by atoms with E-state index in [0.717, 1.165) is 25.1 Å². The number of hydrogen-bond acceptors (Lipinski definition) is 5. The van der Waals surface area contributed by atoms with Gasteiger partial charge in [-0.15, -0.1) is 0 Å². The molecule has 0 aliphatic carbocycles. The quantitative estimate of drug-likeness (QED) is 0.578. The van der Waals surface area contributed by atoms with Crippen LogP contribution in [0.3, 0.4) is 0 Å². The van der Waals surface area contributed by atoms with Crippen LogP contribution >= 0.6 is 0 Å². The molecule has 0 saturated carbocycles. The van der Waals surface area contributed by atoms with E-state index < -0.39 is 5.60 Å². The summed E-state index contributed by atoms with van der Waals surface area (Å²) in [6, 6.07) is 15.5. The molecule has 0 unspecified atom stereocenters. The molecule has 0 aromatic heterocycles. The number of carbonyl (C=O) groups is 2. The molecule has 35 heavy (non-hydrogen) atoms. The second-order valence-corrected chi connectivity index (χ2v) is 9.69. The Labute approximate surface area is 206 Å². The largest absolute Gasteiger partial charge is 0.490 e. The van der Waals surface area contributed by atoms with Crippen molar-refractivity contribution in [3.05, 3.63) is 66.0 Å². The monoisotopic (exact) mass is 483 g/mol. The first-order valence-corrected chi connectivity index (χ1v) is 12.1. The summed E-state index contributed by atoms with van der Waals surface area (Å²) in [6.07, 6.45) is 0.913. The molecule has 2 aromatic rings. The minimum absolute atomic E-state index is 0.0368. The van der Waals surface area contributed by atoms with Crippen molar-refractivity contribution in [2.45, 2.75) is 25.0 Å². The van der Waals surface area contributed by atoms with Crippen LogP contribution in [0.1, 0.15) is 18.4 Å². The maximum atomic E-state index is 13.3. The van der Waals surface area contributed by atoms with Crippen LogP contribution in [0.25, 0.3) is 0 Å². The first kappa shape index (κ1) is 25.1. The third-order valence-electron chi connectivity index (χ3n) is 6.78. The summed E-state index contributed by atoms with van der Waals surface area (Å²) >= 11 is 0. The van der Waals surface area contributed by atoms with Gasteiger partial charge in [-0.25, -0.2) is 4.39 Å². The minimum atomic E-state index is -0.991. The Kier molecular flexibility index (Phi) is 8.03. The van der Waals surface area contributed by atoms with Crippen LogP contribution in [0, 0.1) is 11.7 Å². The van der Waals surface area contributed by atoms with Gasteiger partial charge in [-0.3, -0.25) is 9.59 Å². The van der Waals surface area contributed by atoms with Crippen molar-refractivity contribution in [3.63, 3.8) is 0 Å². The Balaban J connectivity index is 1.48. The fourth-order valence-electron chi connectivity index (χ4n) is 4.77. The van der Waals surface area contributed by atoms with Gasteiger partial charge in [0.2, 0.25) is 11.8 Å². The number of amides is 2. The van der Waals surface area contributed by atoms with E-state index in [1.807, 2.05) is 42.3 Å². The van der Waals surface area contributed by atoms with E-state index in [1.54, 1.807) is 24.1 Å². The predicted molar refractivity (Wildman–Crippen MR) is 130 cm³/mol. The third-order valence-corrected chi connectivity index (χ3v) is 6.78. The summed E-state index contributed by atoms with van der Waals surface area (Å²) in [6.45, 7) is 3.31. The third kappa shape index (κ3) is 6.58. The van der Waals surface area contributed by atoms with Crippen molar-refractivity contribution in [2.75, 3.05) is 53.5 Å². The molecule has 0 N–H and O–H groups in total. The summed E-state index contributed by atoms with van der Waals surface area (Å²) < 4.78 is 25.5. The van der Waals surface area contributed by atoms with Gasteiger partial charge in [0.15, 0.2) is 0 Å². The highest BCUT2D eigenvalue weighted by Crippen LogP contribution is 2.28. The van der Waals surface area contributed by atoms with E-state index in [2.05, 4.69) is 4.90 Å². The van der Waals surface area contributed by atoms with Gasteiger partial charge in [-0.1, -0.05) is 30.3 Å². The molecule has 188 valence electrons. The fourth-order valence-corrected chi connectivity index (χ4v) is 4.77. The molecule has 2 amide bonds.